The van der Waals surface area contributed by atoms with Crippen molar-refractivity contribution in [2.45, 2.75) is 59.2 Å². The topological polar surface area (TPSA) is 91.9 Å². The van der Waals surface area contributed by atoms with Crippen molar-refractivity contribution in [3.8, 4) is 11.5 Å². The number of nitrogens with zero attached hydrogens (tertiary/aromatic N) is 4. The van der Waals surface area contributed by atoms with E-state index < -0.39 is 0 Å². The first-order valence-electron chi connectivity index (χ1n) is 12.6. The van der Waals surface area contributed by atoms with Crippen molar-refractivity contribution in [1.82, 2.24) is 20.4 Å². The van der Waals surface area contributed by atoms with E-state index in [0.717, 1.165) is 61.2 Å². The Labute approximate surface area is 208 Å². The van der Waals surface area contributed by atoms with E-state index in [1.807, 2.05) is 30.3 Å². The van der Waals surface area contributed by atoms with Crippen LogP contribution >= 0.6 is 0 Å². The van der Waals surface area contributed by atoms with Gasteiger partial charge in [-0.2, -0.15) is 0 Å². The summed E-state index contributed by atoms with van der Waals surface area (Å²) in [5, 5.41) is 15.2. The molecule has 3 heterocycles. The molecule has 2 N–H and O–H groups in total. The number of rotatable bonds is 10. The lowest BCUT2D eigenvalue weighted by Crippen LogP contribution is -2.45. The van der Waals surface area contributed by atoms with Crippen LogP contribution in [-0.2, 0) is 11.3 Å². The number of fused-ring (bicyclic) bond motifs is 1. The third kappa shape index (κ3) is 6.54. The van der Waals surface area contributed by atoms with Crippen LogP contribution in [0.15, 0.2) is 30.3 Å². The van der Waals surface area contributed by atoms with Crippen molar-refractivity contribution in [2.24, 2.45) is 5.92 Å². The van der Waals surface area contributed by atoms with Gasteiger partial charge < -0.3 is 25.0 Å². The molecule has 0 spiro atoms. The van der Waals surface area contributed by atoms with Crippen molar-refractivity contribution in [3.63, 3.8) is 0 Å². The van der Waals surface area contributed by atoms with E-state index in [1.54, 1.807) is 0 Å². The van der Waals surface area contributed by atoms with Crippen LogP contribution in [0.2, 0.25) is 0 Å². The molecule has 1 saturated heterocycles. The lowest BCUT2D eigenvalue weighted by molar-refractivity contribution is -0.125. The molecule has 9 nitrogen and oxygen atoms in total. The average Bonchev–Trinajstić information content (AvgIpc) is 3.33. The molecule has 1 aromatic carbocycles. The minimum atomic E-state index is 0.0633. The number of nitrogens with one attached hydrogen (secondary N) is 2. The average molecular weight is 483 g/mol. The molecule has 0 aliphatic carbocycles. The van der Waals surface area contributed by atoms with Gasteiger partial charge in [0.25, 0.3) is 0 Å². The molecule has 2 aromatic rings. The summed E-state index contributed by atoms with van der Waals surface area (Å²) in [6.45, 7) is 12.9. The number of carbonyl (C=O) groups excluding carboxylic acids is 1. The Bertz CT molecular complexity index is 966. The largest absolute Gasteiger partial charge is 0.454 e. The predicted octanol–water partition coefficient (Wildman–Crippen LogP) is 3.27. The van der Waals surface area contributed by atoms with Crippen LogP contribution < -0.4 is 25.0 Å². The lowest BCUT2D eigenvalue weighted by atomic mass is 9.96. The highest BCUT2D eigenvalue weighted by atomic mass is 16.7. The summed E-state index contributed by atoms with van der Waals surface area (Å²) in [6, 6.07) is 10.8. The van der Waals surface area contributed by atoms with Crippen LogP contribution in [0.5, 0.6) is 11.5 Å². The van der Waals surface area contributed by atoms with E-state index in [1.165, 1.54) is 0 Å². The second-order valence-corrected chi connectivity index (χ2v) is 9.80. The summed E-state index contributed by atoms with van der Waals surface area (Å²) in [6.07, 6.45) is 1.66. The van der Waals surface area contributed by atoms with Crippen LogP contribution in [0.25, 0.3) is 0 Å². The highest BCUT2D eigenvalue weighted by molar-refractivity contribution is 5.79. The highest BCUT2D eigenvalue weighted by Gasteiger charge is 2.26. The summed E-state index contributed by atoms with van der Waals surface area (Å²) < 4.78 is 10.8. The number of hydrogen-bond donors (Lipinski definition) is 2. The number of amides is 1. The van der Waals surface area contributed by atoms with Crippen molar-refractivity contribution in [2.75, 3.05) is 43.2 Å². The summed E-state index contributed by atoms with van der Waals surface area (Å²) in [5.41, 5.74) is 1.08. The van der Waals surface area contributed by atoms with E-state index in [9.17, 15) is 4.79 Å². The van der Waals surface area contributed by atoms with Gasteiger partial charge in [0.05, 0.1) is 0 Å². The smallest absolute Gasteiger partial charge is 0.231 e. The summed E-state index contributed by atoms with van der Waals surface area (Å²) in [7, 11) is 0. The van der Waals surface area contributed by atoms with Crippen LogP contribution in [0.4, 0.5) is 11.6 Å². The fraction of sp³-hybridized carbons (Fsp3) is 0.577. The van der Waals surface area contributed by atoms with E-state index in [0.29, 0.717) is 25.2 Å². The molecule has 4 rings (SSSR count). The minimum absolute atomic E-state index is 0.0633. The molecule has 0 bridgehead atoms. The molecule has 0 saturated carbocycles. The highest BCUT2D eigenvalue weighted by Crippen LogP contribution is 2.32. The fourth-order valence-electron chi connectivity index (χ4n) is 4.77. The van der Waals surface area contributed by atoms with Crippen LogP contribution in [0.1, 0.15) is 46.1 Å². The Morgan fingerprint density at radius 2 is 1.80 bits per heavy atom. The Kier molecular flexibility index (Phi) is 8.28. The first kappa shape index (κ1) is 25.0. The first-order valence-corrected chi connectivity index (χ1v) is 12.6. The molecule has 35 heavy (non-hydrogen) atoms. The van der Waals surface area contributed by atoms with Gasteiger partial charge in [-0.3, -0.25) is 9.69 Å². The molecular formula is C26H38N6O3. The zero-order valence-electron chi connectivity index (χ0n) is 21.3. The van der Waals surface area contributed by atoms with Crippen molar-refractivity contribution in [1.29, 1.82) is 0 Å². The summed E-state index contributed by atoms with van der Waals surface area (Å²) >= 11 is 0. The number of hydrogen-bond acceptors (Lipinski definition) is 8. The third-order valence-electron chi connectivity index (χ3n) is 6.75. The first-order chi connectivity index (χ1) is 16.9. The summed E-state index contributed by atoms with van der Waals surface area (Å²) in [4.78, 5) is 17.3. The molecule has 0 radical (unpaired) electrons. The van der Waals surface area contributed by atoms with Gasteiger partial charge in [-0.25, -0.2) is 0 Å². The molecular weight excluding hydrogens is 444 g/mol. The molecule has 0 atom stereocenters. The molecule has 9 heteroatoms. The van der Waals surface area contributed by atoms with E-state index in [4.69, 9.17) is 9.47 Å². The number of carbonyl (C=O) groups is 1. The van der Waals surface area contributed by atoms with Crippen molar-refractivity contribution in [3.05, 3.63) is 35.9 Å². The maximum atomic E-state index is 12.7. The standard InChI is InChI=1S/C26H38N6O3/c1-18(2)32(19(3)4)14-11-27-26(33)21-9-12-31(13-10-21)25-8-7-24(29-30-25)28-16-20-5-6-22-23(15-20)35-17-34-22/h5-8,15,18-19,21H,9-14,16-17H2,1-4H3,(H,27,33)(H,28,29). The zero-order chi connectivity index (χ0) is 24.8. The Balaban J connectivity index is 1.19. The Hall–Kier alpha value is -3.07. The number of benzene rings is 1. The van der Waals surface area contributed by atoms with Crippen LogP contribution in [0.3, 0.4) is 0 Å². The van der Waals surface area contributed by atoms with Crippen LogP contribution in [-0.4, -0.2) is 66.1 Å². The Morgan fingerprint density at radius 1 is 1.06 bits per heavy atom. The molecule has 1 aromatic heterocycles. The number of piperidine rings is 1. The van der Waals surface area contributed by atoms with Crippen LogP contribution in [0, 0.1) is 5.92 Å². The monoisotopic (exact) mass is 482 g/mol. The van der Waals surface area contributed by atoms with Gasteiger partial charge in [0.15, 0.2) is 17.3 Å². The molecule has 190 valence electrons. The SMILES string of the molecule is CC(C)N(CCNC(=O)C1CCN(c2ccc(NCc3ccc4c(c3)OCO4)nn2)CC1)C(C)C. The van der Waals surface area contributed by atoms with E-state index in [2.05, 4.69) is 58.3 Å². The molecule has 1 fully saturated rings. The van der Waals surface area contributed by atoms with Gasteiger partial charge in [-0.05, 0) is 70.4 Å². The molecule has 1 amide bonds. The molecule has 0 unspecified atom stereocenters. The maximum absolute atomic E-state index is 12.7. The zero-order valence-corrected chi connectivity index (χ0v) is 21.3. The van der Waals surface area contributed by atoms with Gasteiger partial charge in [-0.15, -0.1) is 10.2 Å². The number of aromatic nitrogens is 2. The molecule has 2 aliphatic rings. The normalized spacial score (nSPS) is 15.8. The lowest BCUT2D eigenvalue weighted by Gasteiger charge is -2.33. The second kappa shape index (κ2) is 11.6. The second-order valence-electron chi connectivity index (χ2n) is 9.80. The quantitative estimate of drug-likeness (QED) is 0.533. The fourth-order valence-corrected chi connectivity index (χ4v) is 4.77. The van der Waals surface area contributed by atoms with Gasteiger partial charge in [0, 0.05) is 50.7 Å². The van der Waals surface area contributed by atoms with Crippen molar-refractivity contribution >= 4 is 17.5 Å². The van der Waals surface area contributed by atoms with Gasteiger partial charge >= 0.3 is 0 Å². The van der Waals surface area contributed by atoms with E-state index >= 15 is 0 Å². The minimum Gasteiger partial charge on any atom is -0.454 e. The maximum Gasteiger partial charge on any atom is 0.231 e. The Morgan fingerprint density at radius 3 is 2.49 bits per heavy atom. The summed E-state index contributed by atoms with van der Waals surface area (Å²) in [5.74, 6) is 3.36. The van der Waals surface area contributed by atoms with Gasteiger partial charge in [0.1, 0.15) is 5.82 Å². The predicted molar refractivity (Wildman–Crippen MR) is 137 cm³/mol. The number of ether oxygens (including phenoxy) is 2. The van der Waals surface area contributed by atoms with Gasteiger partial charge in [0.2, 0.25) is 12.7 Å². The number of anilines is 2. The van der Waals surface area contributed by atoms with Crippen molar-refractivity contribution < 1.29 is 14.3 Å². The molecule has 2 aliphatic heterocycles. The third-order valence-corrected chi connectivity index (χ3v) is 6.75. The van der Waals surface area contributed by atoms with Gasteiger partial charge in [-0.1, -0.05) is 6.07 Å². The van der Waals surface area contributed by atoms with E-state index in [-0.39, 0.29) is 18.6 Å².